The third-order valence-electron chi connectivity index (χ3n) is 9.87. The summed E-state index contributed by atoms with van der Waals surface area (Å²) in [4.78, 5) is 0. The minimum Gasteiger partial charge on any atom is -0.412 e. The molecule has 3 rings (SSSR count). The van der Waals surface area contributed by atoms with Gasteiger partial charge >= 0.3 is 6.18 Å². The molecule has 3 aliphatic carbocycles. The standard InChI is InChI=1S/C25H43F3O.C2H6.CH4O.H2O/c1-6-13-23(3)18(16-25(26,27)28)7-8-19-21-10-9-20(17(2)12-15-29-5)24(21,4)14-11-22(19)23;2*1-2;/h17-22H,6-16H2,1-5H3;1-2H3;2H,1H3;1H2. The van der Waals surface area contributed by atoms with Crippen LogP contribution in [-0.2, 0) is 4.74 Å². The second-order valence-corrected chi connectivity index (χ2v) is 11.2. The van der Waals surface area contributed by atoms with Crippen molar-refractivity contribution >= 4 is 0 Å². The lowest BCUT2D eigenvalue weighted by molar-refractivity contribution is -0.178. The van der Waals surface area contributed by atoms with Crippen molar-refractivity contribution in [3.05, 3.63) is 0 Å². The molecule has 3 saturated carbocycles. The highest BCUT2D eigenvalue weighted by atomic mass is 19.4. The number of rotatable bonds is 7. The van der Waals surface area contributed by atoms with E-state index in [0.29, 0.717) is 29.1 Å². The van der Waals surface area contributed by atoms with Crippen LogP contribution in [-0.4, -0.2) is 37.6 Å². The summed E-state index contributed by atoms with van der Waals surface area (Å²) in [6.07, 6.45) is 5.16. The van der Waals surface area contributed by atoms with Crippen molar-refractivity contribution in [1.82, 2.24) is 0 Å². The number of fused-ring (bicyclic) bond motifs is 3. The van der Waals surface area contributed by atoms with Crippen molar-refractivity contribution in [2.24, 2.45) is 46.3 Å². The molecule has 0 heterocycles. The molecular weight excluding hydrogens is 441 g/mol. The third-order valence-corrected chi connectivity index (χ3v) is 9.87. The molecule has 206 valence electrons. The van der Waals surface area contributed by atoms with Gasteiger partial charge in [-0.2, -0.15) is 13.2 Å². The molecule has 0 amide bonds. The van der Waals surface area contributed by atoms with Gasteiger partial charge < -0.3 is 15.3 Å². The van der Waals surface area contributed by atoms with Crippen LogP contribution in [0.15, 0.2) is 0 Å². The van der Waals surface area contributed by atoms with Gasteiger partial charge in [0, 0.05) is 27.2 Å². The maximum atomic E-state index is 13.4. The minimum absolute atomic E-state index is 0. The first-order valence-corrected chi connectivity index (χ1v) is 13.6. The van der Waals surface area contributed by atoms with Crippen molar-refractivity contribution in [3.8, 4) is 0 Å². The zero-order valence-corrected chi connectivity index (χ0v) is 23.2. The van der Waals surface area contributed by atoms with Crippen LogP contribution in [0.4, 0.5) is 13.2 Å². The van der Waals surface area contributed by atoms with E-state index in [4.69, 9.17) is 9.84 Å². The van der Waals surface area contributed by atoms with Gasteiger partial charge in [-0.25, -0.2) is 0 Å². The zero-order chi connectivity index (χ0) is 25.4. The molecule has 3 nitrogen and oxygen atoms in total. The molecule has 3 fully saturated rings. The predicted molar refractivity (Wildman–Crippen MR) is 136 cm³/mol. The molecular formula is C28H55F3O3. The van der Waals surface area contributed by atoms with E-state index in [1.54, 1.807) is 7.11 Å². The molecule has 0 aromatic rings. The molecule has 3 aliphatic rings. The van der Waals surface area contributed by atoms with E-state index in [0.717, 1.165) is 58.2 Å². The fourth-order valence-corrected chi connectivity index (χ4v) is 8.56. The Bertz CT molecular complexity index is 556. The predicted octanol–water partition coefficient (Wildman–Crippen LogP) is 7.70. The van der Waals surface area contributed by atoms with Crippen molar-refractivity contribution in [3.63, 3.8) is 0 Å². The van der Waals surface area contributed by atoms with Crippen LogP contribution < -0.4 is 0 Å². The quantitative estimate of drug-likeness (QED) is 0.392. The van der Waals surface area contributed by atoms with Gasteiger partial charge in [-0.05, 0) is 97.7 Å². The van der Waals surface area contributed by atoms with Crippen LogP contribution in [0.5, 0.6) is 0 Å². The number of aliphatic hydroxyl groups excluding tert-OH is 1. The van der Waals surface area contributed by atoms with Crippen molar-refractivity contribution in [2.75, 3.05) is 20.8 Å². The van der Waals surface area contributed by atoms with E-state index < -0.39 is 12.6 Å². The van der Waals surface area contributed by atoms with Gasteiger partial charge in [-0.3, -0.25) is 0 Å². The lowest BCUT2D eigenvalue weighted by Gasteiger charge is -2.59. The Labute approximate surface area is 207 Å². The van der Waals surface area contributed by atoms with Gasteiger partial charge in [0.05, 0.1) is 0 Å². The lowest BCUT2D eigenvalue weighted by atomic mass is 9.45. The van der Waals surface area contributed by atoms with Gasteiger partial charge in [0.2, 0.25) is 0 Å². The van der Waals surface area contributed by atoms with Gasteiger partial charge in [0.15, 0.2) is 0 Å². The molecule has 0 radical (unpaired) electrons. The number of hydrogen-bond acceptors (Lipinski definition) is 2. The summed E-state index contributed by atoms with van der Waals surface area (Å²) in [6, 6.07) is 0. The fraction of sp³-hybridized carbons (Fsp3) is 1.00. The average molecular weight is 497 g/mol. The fourth-order valence-electron chi connectivity index (χ4n) is 8.56. The Morgan fingerprint density at radius 3 is 2.15 bits per heavy atom. The summed E-state index contributed by atoms with van der Waals surface area (Å²) in [6.45, 7) is 14.1. The van der Waals surface area contributed by atoms with Crippen LogP contribution in [0.25, 0.3) is 0 Å². The van der Waals surface area contributed by atoms with Crippen molar-refractivity contribution < 1.29 is 28.5 Å². The van der Waals surface area contributed by atoms with E-state index in [1.165, 1.54) is 19.3 Å². The monoisotopic (exact) mass is 496 g/mol. The highest BCUT2D eigenvalue weighted by Gasteiger charge is 2.60. The van der Waals surface area contributed by atoms with E-state index >= 15 is 0 Å². The molecule has 3 N–H and O–H groups in total. The molecule has 6 heteroatoms. The Balaban J connectivity index is 0.00000207. The first-order chi connectivity index (χ1) is 15.6. The number of methoxy groups -OCH3 is 1. The molecule has 0 spiro atoms. The van der Waals surface area contributed by atoms with Gasteiger partial charge in [0.25, 0.3) is 0 Å². The zero-order valence-electron chi connectivity index (χ0n) is 23.2. The second kappa shape index (κ2) is 14.4. The van der Waals surface area contributed by atoms with E-state index in [1.807, 2.05) is 13.8 Å². The van der Waals surface area contributed by atoms with Crippen molar-refractivity contribution in [1.29, 1.82) is 0 Å². The number of halogens is 3. The maximum Gasteiger partial charge on any atom is 0.389 e. The molecule has 8 unspecified atom stereocenters. The Hall–Kier alpha value is -0.330. The smallest absolute Gasteiger partial charge is 0.389 e. The topological polar surface area (TPSA) is 61.0 Å². The molecule has 0 aliphatic heterocycles. The molecule has 0 aromatic heterocycles. The molecule has 34 heavy (non-hydrogen) atoms. The second-order valence-electron chi connectivity index (χ2n) is 11.2. The highest BCUT2D eigenvalue weighted by molar-refractivity contribution is 5.08. The van der Waals surface area contributed by atoms with Crippen LogP contribution in [0.3, 0.4) is 0 Å². The van der Waals surface area contributed by atoms with Gasteiger partial charge in [0.1, 0.15) is 0 Å². The summed E-state index contributed by atoms with van der Waals surface area (Å²) in [5.74, 6) is 3.05. The van der Waals surface area contributed by atoms with Crippen molar-refractivity contribution in [2.45, 2.75) is 112 Å². The van der Waals surface area contributed by atoms with Gasteiger partial charge in [-0.1, -0.05) is 48.0 Å². The van der Waals surface area contributed by atoms with Crippen LogP contribution in [0.1, 0.15) is 106 Å². The average Bonchev–Trinajstić information content (AvgIpc) is 3.13. The number of alkyl halides is 3. The minimum atomic E-state index is -4.04. The Morgan fingerprint density at radius 2 is 1.62 bits per heavy atom. The summed E-state index contributed by atoms with van der Waals surface area (Å²) < 4.78 is 45.4. The van der Waals surface area contributed by atoms with Crippen LogP contribution in [0.2, 0.25) is 0 Å². The summed E-state index contributed by atoms with van der Waals surface area (Å²) in [5.41, 5.74) is 0.229. The highest BCUT2D eigenvalue weighted by Crippen LogP contribution is 2.68. The summed E-state index contributed by atoms with van der Waals surface area (Å²) in [7, 11) is 2.78. The van der Waals surface area contributed by atoms with E-state index in [9.17, 15) is 13.2 Å². The lowest BCUT2D eigenvalue weighted by Crippen LogP contribution is -2.52. The van der Waals surface area contributed by atoms with E-state index in [-0.39, 0.29) is 16.8 Å². The number of ether oxygens (including phenoxy) is 1. The first-order valence-electron chi connectivity index (χ1n) is 13.6. The molecule has 8 atom stereocenters. The van der Waals surface area contributed by atoms with Crippen LogP contribution in [0, 0.1) is 46.3 Å². The first kappa shape index (κ1) is 33.7. The maximum absolute atomic E-state index is 13.4. The van der Waals surface area contributed by atoms with E-state index in [2.05, 4.69) is 27.7 Å². The summed E-state index contributed by atoms with van der Waals surface area (Å²) >= 11 is 0. The largest absolute Gasteiger partial charge is 0.412 e. The van der Waals surface area contributed by atoms with Gasteiger partial charge in [-0.15, -0.1) is 0 Å². The normalized spacial score (nSPS) is 37.6. The molecule has 0 saturated heterocycles. The summed E-state index contributed by atoms with van der Waals surface area (Å²) in [5, 5.41) is 7.00. The SMILES string of the molecule is CC.CCCC1(C)C(CC(F)(F)F)CCC2C1CCC1(C)C(C(C)CCOC)CCC21.CO.O. The molecule has 0 bridgehead atoms. The third kappa shape index (κ3) is 7.12. The molecule has 0 aromatic carbocycles. The Kier molecular flexibility index (Phi) is 14.3. The Morgan fingerprint density at radius 1 is 1.00 bits per heavy atom. The van der Waals surface area contributed by atoms with Crippen LogP contribution >= 0.6 is 0 Å². The number of hydrogen-bond donors (Lipinski definition) is 1. The number of aliphatic hydroxyl groups is 1.